The molecule has 1 aliphatic rings. The van der Waals surface area contributed by atoms with E-state index in [0.29, 0.717) is 12.6 Å². The van der Waals surface area contributed by atoms with Crippen molar-refractivity contribution >= 4 is 22.5 Å². The number of hydrogen-bond acceptors (Lipinski definition) is 4. The standard InChI is InChI=1S/C17H22N4OS/c1-13-12-23-16(19-13)20-15-7-9-21(10-8-15)17(22)18-11-14-5-3-2-4-6-14/h2-6,12,15H,7-11H2,1H3,(H,18,22)(H,19,20). The Balaban J connectivity index is 1.42. The first-order valence-corrected chi connectivity index (χ1v) is 8.84. The summed E-state index contributed by atoms with van der Waals surface area (Å²) in [7, 11) is 0. The van der Waals surface area contributed by atoms with Crippen LogP contribution in [0.4, 0.5) is 9.93 Å². The molecule has 5 nitrogen and oxygen atoms in total. The second kappa shape index (κ2) is 7.46. The van der Waals surface area contributed by atoms with Gasteiger partial charge >= 0.3 is 6.03 Å². The predicted octanol–water partition coefficient (Wildman–Crippen LogP) is 3.24. The van der Waals surface area contributed by atoms with Gasteiger partial charge in [0, 0.05) is 31.1 Å². The Morgan fingerprint density at radius 3 is 2.70 bits per heavy atom. The number of carbonyl (C=O) groups is 1. The molecule has 0 atom stereocenters. The lowest BCUT2D eigenvalue weighted by Crippen LogP contribution is -2.46. The van der Waals surface area contributed by atoms with Gasteiger partial charge in [-0.3, -0.25) is 0 Å². The van der Waals surface area contributed by atoms with Crippen LogP contribution in [0.1, 0.15) is 24.1 Å². The molecule has 0 unspecified atom stereocenters. The molecule has 2 amide bonds. The topological polar surface area (TPSA) is 57.3 Å². The maximum Gasteiger partial charge on any atom is 0.317 e. The molecular formula is C17H22N4OS. The van der Waals surface area contributed by atoms with Crippen LogP contribution in [0.25, 0.3) is 0 Å². The van der Waals surface area contributed by atoms with E-state index in [2.05, 4.69) is 21.0 Å². The minimum Gasteiger partial charge on any atom is -0.359 e. The van der Waals surface area contributed by atoms with Crippen molar-refractivity contribution in [3.8, 4) is 0 Å². The van der Waals surface area contributed by atoms with E-state index in [1.54, 1.807) is 11.3 Å². The number of aryl methyl sites for hydroxylation is 1. The number of anilines is 1. The zero-order valence-corrected chi connectivity index (χ0v) is 14.1. The predicted molar refractivity (Wildman–Crippen MR) is 93.7 cm³/mol. The zero-order chi connectivity index (χ0) is 16.1. The number of likely N-dealkylation sites (tertiary alicyclic amines) is 1. The molecule has 0 radical (unpaired) electrons. The van der Waals surface area contributed by atoms with Gasteiger partial charge in [-0.15, -0.1) is 11.3 Å². The van der Waals surface area contributed by atoms with Crippen LogP contribution in [-0.2, 0) is 6.54 Å². The van der Waals surface area contributed by atoms with Gasteiger partial charge in [-0.05, 0) is 25.3 Å². The van der Waals surface area contributed by atoms with E-state index in [1.807, 2.05) is 42.2 Å². The van der Waals surface area contributed by atoms with Crippen molar-refractivity contribution in [1.29, 1.82) is 0 Å². The first-order valence-electron chi connectivity index (χ1n) is 7.96. The van der Waals surface area contributed by atoms with Gasteiger partial charge in [-0.1, -0.05) is 30.3 Å². The fourth-order valence-electron chi connectivity index (χ4n) is 2.71. The number of nitrogens with zero attached hydrogens (tertiary/aromatic N) is 2. The van der Waals surface area contributed by atoms with Crippen LogP contribution in [-0.4, -0.2) is 35.0 Å². The molecule has 0 spiro atoms. The van der Waals surface area contributed by atoms with E-state index in [-0.39, 0.29) is 6.03 Å². The van der Waals surface area contributed by atoms with Crippen molar-refractivity contribution in [3.63, 3.8) is 0 Å². The fourth-order valence-corrected chi connectivity index (χ4v) is 3.47. The Morgan fingerprint density at radius 1 is 1.30 bits per heavy atom. The second-order valence-corrected chi connectivity index (χ2v) is 6.70. The van der Waals surface area contributed by atoms with Crippen LogP contribution >= 0.6 is 11.3 Å². The van der Waals surface area contributed by atoms with Crippen LogP contribution in [0.15, 0.2) is 35.7 Å². The summed E-state index contributed by atoms with van der Waals surface area (Å²) >= 11 is 1.64. The zero-order valence-electron chi connectivity index (χ0n) is 13.3. The minimum absolute atomic E-state index is 0.0254. The van der Waals surface area contributed by atoms with Gasteiger partial charge in [0.05, 0.1) is 5.69 Å². The maximum absolute atomic E-state index is 12.2. The highest BCUT2D eigenvalue weighted by atomic mass is 32.1. The molecule has 0 bridgehead atoms. The SMILES string of the molecule is Cc1csc(NC2CCN(C(=O)NCc3ccccc3)CC2)n1. The van der Waals surface area contributed by atoms with Gasteiger partial charge in [0.25, 0.3) is 0 Å². The summed E-state index contributed by atoms with van der Waals surface area (Å²) < 4.78 is 0. The van der Waals surface area contributed by atoms with Crippen LogP contribution in [0.3, 0.4) is 0 Å². The van der Waals surface area contributed by atoms with Gasteiger partial charge < -0.3 is 15.5 Å². The summed E-state index contributed by atoms with van der Waals surface area (Å²) in [6, 6.07) is 10.4. The van der Waals surface area contributed by atoms with Crippen molar-refractivity contribution in [1.82, 2.24) is 15.2 Å². The quantitative estimate of drug-likeness (QED) is 0.905. The number of thiazole rings is 1. The number of carbonyl (C=O) groups excluding carboxylic acids is 1. The third-order valence-corrected chi connectivity index (χ3v) is 4.91. The van der Waals surface area contributed by atoms with Crippen LogP contribution < -0.4 is 10.6 Å². The lowest BCUT2D eigenvalue weighted by atomic mass is 10.1. The summed E-state index contributed by atoms with van der Waals surface area (Å²) in [6.07, 6.45) is 1.91. The number of aromatic nitrogens is 1. The monoisotopic (exact) mass is 330 g/mol. The van der Waals surface area contributed by atoms with Crippen LogP contribution in [0, 0.1) is 6.92 Å². The summed E-state index contributed by atoms with van der Waals surface area (Å²) in [5.74, 6) is 0. The molecule has 1 saturated heterocycles. The fraction of sp³-hybridized carbons (Fsp3) is 0.412. The van der Waals surface area contributed by atoms with Crippen molar-refractivity contribution in [2.45, 2.75) is 32.4 Å². The normalized spacial score (nSPS) is 15.4. The summed E-state index contributed by atoms with van der Waals surface area (Å²) in [5.41, 5.74) is 2.17. The summed E-state index contributed by atoms with van der Waals surface area (Å²) in [4.78, 5) is 18.6. The lowest BCUT2D eigenvalue weighted by molar-refractivity contribution is 0.183. The summed E-state index contributed by atoms with van der Waals surface area (Å²) in [6.45, 7) is 4.14. The van der Waals surface area contributed by atoms with Crippen molar-refractivity contribution in [2.24, 2.45) is 0 Å². The second-order valence-electron chi connectivity index (χ2n) is 5.84. The van der Waals surface area contributed by atoms with E-state index in [4.69, 9.17) is 0 Å². The Kier molecular flexibility index (Phi) is 5.12. The molecule has 122 valence electrons. The van der Waals surface area contributed by atoms with Crippen LogP contribution in [0.2, 0.25) is 0 Å². The third kappa shape index (κ3) is 4.45. The highest BCUT2D eigenvalue weighted by Crippen LogP contribution is 2.20. The molecule has 1 aliphatic heterocycles. The first-order chi connectivity index (χ1) is 11.2. The largest absolute Gasteiger partial charge is 0.359 e. The average Bonchev–Trinajstić information content (AvgIpc) is 2.99. The molecule has 0 aliphatic carbocycles. The Hall–Kier alpha value is -2.08. The molecule has 23 heavy (non-hydrogen) atoms. The summed E-state index contributed by atoms with van der Waals surface area (Å²) in [5, 5.41) is 9.49. The molecule has 1 fully saturated rings. The van der Waals surface area contributed by atoms with E-state index < -0.39 is 0 Å². The third-order valence-electron chi connectivity index (χ3n) is 4.02. The number of nitrogens with one attached hydrogen (secondary N) is 2. The number of urea groups is 1. The highest BCUT2D eigenvalue weighted by molar-refractivity contribution is 7.13. The van der Waals surface area contributed by atoms with Gasteiger partial charge in [-0.2, -0.15) is 0 Å². The first kappa shape index (κ1) is 15.8. The maximum atomic E-state index is 12.2. The molecule has 0 saturated carbocycles. The number of amides is 2. The lowest BCUT2D eigenvalue weighted by Gasteiger charge is -2.32. The average molecular weight is 330 g/mol. The molecule has 6 heteroatoms. The van der Waals surface area contributed by atoms with E-state index >= 15 is 0 Å². The van der Waals surface area contributed by atoms with Gasteiger partial charge in [-0.25, -0.2) is 9.78 Å². The highest BCUT2D eigenvalue weighted by Gasteiger charge is 2.23. The molecule has 1 aromatic carbocycles. The van der Waals surface area contributed by atoms with Crippen LogP contribution in [0.5, 0.6) is 0 Å². The van der Waals surface area contributed by atoms with E-state index in [9.17, 15) is 4.79 Å². The van der Waals surface area contributed by atoms with Gasteiger partial charge in [0.15, 0.2) is 5.13 Å². The number of rotatable bonds is 4. The number of piperidine rings is 1. The Bertz CT molecular complexity index is 635. The van der Waals surface area contributed by atoms with Crippen molar-refractivity contribution < 1.29 is 4.79 Å². The molecule has 2 N–H and O–H groups in total. The molecule has 3 rings (SSSR count). The van der Waals surface area contributed by atoms with Crippen molar-refractivity contribution in [2.75, 3.05) is 18.4 Å². The smallest absolute Gasteiger partial charge is 0.317 e. The number of benzene rings is 1. The van der Waals surface area contributed by atoms with Gasteiger partial charge in [0.1, 0.15) is 0 Å². The van der Waals surface area contributed by atoms with Crippen molar-refractivity contribution in [3.05, 3.63) is 47.0 Å². The molecule has 2 heterocycles. The Morgan fingerprint density at radius 2 is 2.04 bits per heavy atom. The van der Waals surface area contributed by atoms with Gasteiger partial charge in [0.2, 0.25) is 0 Å². The molecule has 1 aromatic heterocycles. The van der Waals surface area contributed by atoms with E-state index in [1.165, 1.54) is 0 Å². The molecule has 2 aromatic rings. The molecular weight excluding hydrogens is 308 g/mol. The number of hydrogen-bond donors (Lipinski definition) is 2. The van der Waals surface area contributed by atoms with E-state index in [0.717, 1.165) is 42.3 Å². The minimum atomic E-state index is 0.0254. The Labute approximate surface area is 140 Å².